The second-order valence-electron chi connectivity index (χ2n) is 6.78. The smallest absolute Gasteiger partial charge is 0.231 e. The Kier molecular flexibility index (Phi) is 6.00. The Morgan fingerprint density at radius 1 is 1.26 bits per heavy atom. The third kappa shape index (κ3) is 4.43. The highest BCUT2D eigenvalue weighted by atomic mass is 127. The number of guanidine groups is 1. The van der Waals surface area contributed by atoms with E-state index < -0.39 is 0 Å². The molecular weight excluding hydrogens is 405 g/mol. The van der Waals surface area contributed by atoms with E-state index in [0.717, 1.165) is 11.5 Å². The predicted molar refractivity (Wildman–Crippen MR) is 103 cm³/mol. The molecule has 0 aromatic heterocycles. The van der Waals surface area contributed by atoms with Gasteiger partial charge in [-0.25, -0.2) is 0 Å². The summed E-state index contributed by atoms with van der Waals surface area (Å²) < 4.78 is 10.8. The van der Waals surface area contributed by atoms with Crippen molar-refractivity contribution in [1.29, 1.82) is 0 Å². The van der Waals surface area contributed by atoms with E-state index in [1.54, 1.807) is 0 Å². The first-order chi connectivity index (χ1) is 10.5. The van der Waals surface area contributed by atoms with Gasteiger partial charge >= 0.3 is 0 Å². The molecule has 1 fully saturated rings. The fraction of sp³-hybridized carbons (Fsp3) is 0.588. The number of hydrogen-bond acceptors (Lipinski definition) is 3. The van der Waals surface area contributed by atoms with Crippen molar-refractivity contribution in [2.45, 2.75) is 51.0 Å². The fourth-order valence-electron chi connectivity index (χ4n) is 3.02. The first kappa shape index (κ1) is 18.2. The summed E-state index contributed by atoms with van der Waals surface area (Å²) in [5.74, 6) is 2.18. The molecular formula is C17H26IN3O2. The summed E-state index contributed by atoms with van der Waals surface area (Å²) in [6.45, 7) is 5.27. The fourth-order valence-corrected chi connectivity index (χ4v) is 3.02. The molecule has 23 heavy (non-hydrogen) atoms. The van der Waals surface area contributed by atoms with Crippen LogP contribution < -0.4 is 20.5 Å². The van der Waals surface area contributed by atoms with Crippen LogP contribution in [0.3, 0.4) is 0 Å². The van der Waals surface area contributed by atoms with Crippen LogP contribution in [-0.4, -0.2) is 25.3 Å². The molecule has 1 aliphatic heterocycles. The van der Waals surface area contributed by atoms with Gasteiger partial charge in [0, 0.05) is 11.5 Å². The average molecular weight is 431 g/mol. The maximum Gasteiger partial charge on any atom is 0.231 e. The Hall–Kier alpha value is -1.18. The lowest BCUT2D eigenvalue weighted by Crippen LogP contribution is -2.39. The number of halogens is 1. The maximum atomic E-state index is 6.02. The van der Waals surface area contributed by atoms with E-state index in [-0.39, 0.29) is 29.4 Å². The molecule has 3 rings (SSSR count). The van der Waals surface area contributed by atoms with Crippen molar-refractivity contribution >= 4 is 29.9 Å². The van der Waals surface area contributed by atoms with Crippen LogP contribution in [0.4, 0.5) is 0 Å². The number of benzene rings is 1. The zero-order valence-electron chi connectivity index (χ0n) is 13.8. The molecule has 0 bridgehead atoms. The largest absolute Gasteiger partial charge is 0.454 e. The minimum Gasteiger partial charge on any atom is -0.454 e. The molecule has 0 radical (unpaired) electrons. The topological polar surface area (TPSA) is 68.9 Å². The van der Waals surface area contributed by atoms with Crippen LogP contribution in [0.2, 0.25) is 0 Å². The number of nitrogens with zero attached hydrogens (tertiary/aromatic N) is 1. The van der Waals surface area contributed by atoms with E-state index in [9.17, 15) is 0 Å². The number of nitrogens with one attached hydrogen (secondary N) is 1. The quantitative estimate of drug-likeness (QED) is 0.437. The highest BCUT2D eigenvalue weighted by Gasteiger charge is 2.24. The molecule has 0 amide bonds. The summed E-state index contributed by atoms with van der Waals surface area (Å²) in [6, 6.07) is 6.57. The first-order valence-electron chi connectivity index (χ1n) is 8.01. The van der Waals surface area contributed by atoms with Gasteiger partial charge in [-0.2, -0.15) is 0 Å². The third-order valence-corrected chi connectivity index (χ3v) is 4.51. The number of fused-ring (bicyclic) bond motifs is 1. The van der Waals surface area contributed by atoms with Gasteiger partial charge in [0.1, 0.15) is 0 Å². The number of aliphatic imine (C=N–C) groups is 1. The van der Waals surface area contributed by atoms with Gasteiger partial charge in [0.25, 0.3) is 0 Å². The minimum absolute atomic E-state index is 0. The third-order valence-electron chi connectivity index (χ3n) is 4.51. The van der Waals surface area contributed by atoms with Gasteiger partial charge in [0.15, 0.2) is 17.5 Å². The first-order valence-corrected chi connectivity index (χ1v) is 8.01. The summed E-state index contributed by atoms with van der Waals surface area (Å²) >= 11 is 0. The molecule has 0 saturated heterocycles. The maximum absolute atomic E-state index is 6.02. The lowest BCUT2D eigenvalue weighted by molar-refractivity contribution is 0.174. The Bertz CT molecular complexity index is 569. The van der Waals surface area contributed by atoms with E-state index in [1.807, 2.05) is 12.1 Å². The molecule has 1 aliphatic carbocycles. The number of ether oxygens (including phenoxy) is 2. The van der Waals surface area contributed by atoms with Gasteiger partial charge in [-0.15, -0.1) is 24.0 Å². The van der Waals surface area contributed by atoms with Gasteiger partial charge in [0.2, 0.25) is 6.79 Å². The van der Waals surface area contributed by atoms with Crippen LogP contribution in [0, 0.1) is 0 Å². The highest BCUT2D eigenvalue weighted by Crippen LogP contribution is 2.36. The molecule has 6 heteroatoms. The summed E-state index contributed by atoms with van der Waals surface area (Å²) in [6.07, 6.45) is 4.96. The number of hydrogen-bond donors (Lipinski definition) is 2. The van der Waals surface area contributed by atoms with Crippen LogP contribution in [0.25, 0.3) is 0 Å². The molecule has 5 nitrogen and oxygen atoms in total. The van der Waals surface area contributed by atoms with Crippen LogP contribution in [0.1, 0.15) is 45.1 Å². The monoisotopic (exact) mass is 431 g/mol. The zero-order valence-corrected chi connectivity index (χ0v) is 16.1. The second-order valence-corrected chi connectivity index (χ2v) is 6.78. The predicted octanol–water partition coefficient (Wildman–Crippen LogP) is 3.16. The van der Waals surface area contributed by atoms with Crippen LogP contribution in [-0.2, 0) is 5.41 Å². The van der Waals surface area contributed by atoms with Crippen LogP contribution in [0.5, 0.6) is 11.5 Å². The summed E-state index contributed by atoms with van der Waals surface area (Å²) in [5.41, 5.74) is 7.09. The van der Waals surface area contributed by atoms with E-state index in [2.05, 4.69) is 30.2 Å². The van der Waals surface area contributed by atoms with Crippen molar-refractivity contribution in [1.82, 2.24) is 5.32 Å². The molecule has 1 aromatic carbocycles. The van der Waals surface area contributed by atoms with Gasteiger partial charge in [0.05, 0.1) is 6.54 Å². The average Bonchev–Trinajstić information content (AvgIpc) is 3.15. The van der Waals surface area contributed by atoms with Gasteiger partial charge in [-0.1, -0.05) is 32.8 Å². The van der Waals surface area contributed by atoms with Crippen LogP contribution >= 0.6 is 24.0 Å². The summed E-state index contributed by atoms with van der Waals surface area (Å²) in [7, 11) is 0. The molecule has 2 aliphatic rings. The zero-order chi connectivity index (χ0) is 15.6. The molecule has 0 unspecified atom stereocenters. The summed E-state index contributed by atoms with van der Waals surface area (Å²) in [4.78, 5) is 4.54. The molecule has 0 spiro atoms. The van der Waals surface area contributed by atoms with Crippen molar-refractivity contribution in [3.63, 3.8) is 0 Å². The van der Waals surface area contributed by atoms with Crippen LogP contribution in [0.15, 0.2) is 23.2 Å². The molecule has 1 aromatic rings. The van der Waals surface area contributed by atoms with Gasteiger partial charge in [-0.3, -0.25) is 4.99 Å². The number of nitrogens with two attached hydrogens (primary N) is 1. The molecule has 3 N–H and O–H groups in total. The molecule has 0 atom stereocenters. The van der Waals surface area contributed by atoms with E-state index in [1.165, 1.54) is 31.2 Å². The van der Waals surface area contributed by atoms with E-state index in [4.69, 9.17) is 15.2 Å². The standard InChI is InChI=1S/C17H25N3O2.HI/c1-17(2,10-19-16(18)20-13-5-3-4-6-13)12-7-8-14-15(9-12)22-11-21-14;/h7-9,13H,3-6,10-11H2,1-2H3,(H3,18,19,20);1H. The SMILES string of the molecule is CC(C)(CN=C(N)NC1CCCC1)c1ccc2c(c1)OCO2.I. The van der Waals surface area contributed by atoms with Gasteiger partial charge in [-0.05, 0) is 30.5 Å². The molecule has 128 valence electrons. The van der Waals surface area contributed by atoms with E-state index >= 15 is 0 Å². The highest BCUT2D eigenvalue weighted by molar-refractivity contribution is 14.0. The van der Waals surface area contributed by atoms with Crippen molar-refractivity contribution in [3.8, 4) is 11.5 Å². The molecule has 1 heterocycles. The Morgan fingerprint density at radius 2 is 1.96 bits per heavy atom. The lowest BCUT2D eigenvalue weighted by Gasteiger charge is -2.24. The number of rotatable bonds is 4. The van der Waals surface area contributed by atoms with E-state index in [0.29, 0.717) is 25.3 Å². The Morgan fingerprint density at radius 3 is 2.70 bits per heavy atom. The minimum atomic E-state index is -0.108. The van der Waals surface area contributed by atoms with Crippen molar-refractivity contribution < 1.29 is 9.47 Å². The summed E-state index contributed by atoms with van der Waals surface area (Å²) in [5, 5.41) is 3.33. The Balaban J connectivity index is 0.00000192. The second kappa shape index (κ2) is 7.59. The Labute approximate surface area is 155 Å². The van der Waals surface area contributed by atoms with Crippen molar-refractivity contribution in [2.75, 3.05) is 13.3 Å². The normalized spacial score (nSPS) is 17.9. The molecule has 1 saturated carbocycles. The van der Waals surface area contributed by atoms with Gasteiger partial charge < -0.3 is 20.5 Å². The lowest BCUT2D eigenvalue weighted by atomic mass is 9.84. The van der Waals surface area contributed by atoms with Crippen molar-refractivity contribution in [2.24, 2.45) is 10.7 Å². The van der Waals surface area contributed by atoms with Crippen molar-refractivity contribution in [3.05, 3.63) is 23.8 Å².